The lowest BCUT2D eigenvalue weighted by Crippen LogP contribution is -2.17. The van der Waals surface area contributed by atoms with Crippen LogP contribution in [0.25, 0.3) is 0 Å². The van der Waals surface area contributed by atoms with Crippen LogP contribution in [0, 0.1) is 10.1 Å². The molecule has 0 saturated heterocycles. The summed E-state index contributed by atoms with van der Waals surface area (Å²) < 4.78 is 39.2. The second kappa shape index (κ2) is 4.70. The van der Waals surface area contributed by atoms with Crippen LogP contribution in [0.5, 0.6) is 5.75 Å². The minimum absolute atomic E-state index is 0.167. The van der Waals surface area contributed by atoms with Crippen LogP contribution < -0.4 is 4.74 Å². The van der Waals surface area contributed by atoms with Gasteiger partial charge in [-0.2, -0.15) is 0 Å². The highest BCUT2D eigenvalue weighted by molar-refractivity contribution is 9.10. The van der Waals surface area contributed by atoms with E-state index < -0.39 is 22.7 Å². The fourth-order valence-electron chi connectivity index (χ4n) is 1.01. The van der Waals surface area contributed by atoms with Gasteiger partial charge in [0.2, 0.25) is 0 Å². The lowest BCUT2D eigenvalue weighted by atomic mass is 10.2. The first-order chi connectivity index (χ1) is 7.74. The number of ether oxygens (including phenoxy) is 1. The first-order valence-electron chi connectivity index (χ1n) is 3.93. The van der Waals surface area contributed by atoms with Crippen molar-refractivity contribution in [2.24, 2.45) is 0 Å². The normalized spacial score (nSPS) is 11.1. The Bertz CT molecular complexity index is 475. The van der Waals surface area contributed by atoms with E-state index >= 15 is 0 Å². The van der Waals surface area contributed by atoms with Crippen molar-refractivity contribution in [3.05, 3.63) is 32.3 Å². The number of nitro groups is 1. The minimum Gasteiger partial charge on any atom is -0.404 e. The van der Waals surface area contributed by atoms with Crippen LogP contribution in [0.15, 0.2) is 16.6 Å². The third-order valence-electron chi connectivity index (χ3n) is 1.63. The van der Waals surface area contributed by atoms with Crippen LogP contribution in [0.2, 0.25) is 0 Å². The molecule has 1 aromatic rings. The Morgan fingerprint density at radius 1 is 1.41 bits per heavy atom. The summed E-state index contributed by atoms with van der Waals surface area (Å²) in [5.41, 5.74) is -1.11. The molecule has 0 aliphatic carbocycles. The molecule has 0 spiro atoms. The number of alkyl halides is 3. The quantitative estimate of drug-likeness (QED) is 0.488. The maximum atomic E-state index is 12.0. The molecular formula is C8H3BrF3NO4. The van der Waals surface area contributed by atoms with Gasteiger partial charge in [0.1, 0.15) is 0 Å². The van der Waals surface area contributed by atoms with Crippen molar-refractivity contribution in [1.82, 2.24) is 0 Å². The highest BCUT2D eigenvalue weighted by atomic mass is 79.9. The van der Waals surface area contributed by atoms with Crippen LogP contribution in [0.4, 0.5) is 18.9 Å². The zero-order chi connectivity index (χ0) is 13.2. The summed E-state index contributed by atoms with van der Waals surface area (Å²) in [4.78, 5) is 20.0. The Labute approximate surface area is 100 Å². The smallest absolute Gasteiger partial charge is 0.404 e. The summed E-state index contributed by atoms with van der Waals surface area (Å²) in [6.07, 6.45) is -4.81. The molecule has 0 aliphatic heterocycles. The van der Waals surface area contributed by atoms with E-state index in [1.165, 1.54) is 0 Å². The molecular weight excluding hydrogens is 311 g/mol. The summed E-state index contributed by atoms with van der Waals surface area (Å²) in [5.74, 6) is -0.783. The zero-order valence-electron chi connectivity index (χ0n) is 7.82. The highest BCUT2D eigenvalue weighted by Crippen LogP contribution is 2.35. The number of aldehydes is 1. The molecule has 0 saturated carbocycles. The average Bonchev–Trinajstić information content (AvgIpc) is 2.18. The van der Waals surface area contributed by atoms with Crippen molar-refractivity contribution >= 4 is 27.9 Å². The van der Waals surface area contributed by atoms with Crippen molar-refractivity contribution in [3.63, 3.8) is 0 Å². The largest absolute Gasteiger partial charge is 0.573 e. The molecule has 0 atom stereocenters. The summed E-state index contributed by atoms with van der Waals surface area (Å²) in [5, 5.41) is 10.5. The third-order valence-corrected chi connectivity index (χ3v) is 2.25. The van der Waals surface area contributed by atoms with Crippen molar-refractivity contribution in [2.45, 2.75) is 6.36 Å². The van der Waals surface area contributed by atoms with Gasteiger partial charge in [0, 0.05) is 0 Å². The second-order valence-corrected chi connectivity index (χ2v) is 3.62. The summed E-state index contributed by atoms with van der Waals surface area (Å²) in [6, 6.07) is 1.41. The zero-order valence-corrected chi connectivity index (χ0v) is 9.41. The average molecular weight is 314 g/mol. The van der Waals surface area contributed by atoms with Gasteiger partial charge in [0.15, 0.2) is 12.0 Å². The van der Waals surface area contributed by atoms with E-state index in [0.717, 1.165) is 6.07 Å². The topological polar surface area (TPSA) is 69.4 Å². The molecule has 0 bridgehead atoms. The van der Waals surface area contributed by atoms with Crippen molar-refractivity contribution < 1.29 is 27.6 Å². The number of halogens is 4. The van der Waals surface area contributed by atoms with Gasteiger partial charge in [-0.25, -0.2) is 0 Å². The van der Waals surface area contributed by atoms with E-state index in [4.69, 9.17) is 0 Å². The monoisotopic (exact) mass is 313 g/mol. The fourth-order valence-corrected chi connectivity index (χ4v) is 1.46. The van der Waals surface area contributed by atoms with E-state index in [0.29, 0.717) is 6.07 Å². The first kappa shape index (κ1) is 13.4. The minimum atomic E-state index is -4.97. The highest BCUT2D eigenvalue weighted by Gasteiger charge is 2.33. The van der Waals surface area contributed by atoms with Gasteiger partial charge in [-0.05, 0) is 22.0 Å². The van der Waals surface area contributed by atoms with E-state index in [1.807, 2.05) is 0 Å². The van der Waals surface area contributed by atoms with Crippen LogP contribution in [0.3, 0.4) is 0 Å². The van der Waals surface area contributed by atoms with E-state index in [2.05, 4.69) is 20.7 Å². The number of benzene rings is 1. The number of hydrogen-bond acceptors (Lipinski definition) is 4. The van der Waals surface area contributed by atoms with Crippen LogP contribution in [-0.4, -0.2) is 17.6 Å². The molecule has 0 amide bonds. The van der Waals surface area contributed by atoms with Gasteiger partial charge in [-0.15, -0.1) is 13.2 Å². The van der Waals surface area contributed by atoms with E-state index in [9.17, 15) is 28.1 Å². The molecule has 17 heavy (non-hydrogen) atoms. The van der Waals surface area contributed by atoms with Gasteiger partial charge in [0.05, 0.1) is 21.0 Å². The molecule has 1 aromatic carbocycles. The van der Waals surface area contributed by atoms with Crippen molar-refractivity contribution in [2.75, 3.05) is 0 Å². The Morgan fingerprint density at radius 3 is 2.41 bits per heavy atom. The molecule has 0 heterocycles. The van der Waals surface area contributed by atoms with E-state index in [-0.39, 0.29) is 16.3 Å². The van der Waals surface area contributed by atoms with Gasteiger partial charge in [-0.3, -0.25) is 14.9 Å². The Morgan fingerprint density at radius 2 is 2.00 bits per heavy atom. The van der Waals surface area contributed by atoms with Crippen LogP contribution in [0.1, 0.15) is 10.4 Å². The molecule has 92 valence electrons. The molecule has 0 radical (unpaired) electrons. The van der Waals surface area contributed by atoms with Gasteiger partial charge in [-0.1, -0.05) is 0 Å². The second-order valence-electron chi connectivity index (χ2n) is 2.76. The number of carbonyl (C=O) groups is 1. The predicted molar refractivity (Wildman–Crippen MR) is 52.9 cm³/mol. The molecule has 0 fully saturated rings. The maximum Gasteiger partial charge on any atom is 0.573 e. The van der Waals surface area contributed by atoms with Gasteiger partial charge < -0.3 is 4.74 Å². The first-order valence-corrected chi connectivity index (χ1v) is 4.73. The summed E-state index contributed by atoms with van der Waals surface area (Å²) in [7, 11) is 0. The Kier molecular flexibility index (Phi) is 3.71. The summed E-state index contributed by atoms with van der Waals surface area (Å²) in [6.45, 7) is 0. The molecule has 1 rings (SSSR count). The number of carbonyl (C=O) groups excluding carboxylic acids is 1. The third kappa shape index (κ3) is 3.41. The van der Waals surface area contributed by atoms with Gasteiger partial charge in [0.25, 0.3) is 5.69 Å². The van der Waals surface area contributed by atoms with Crippen molar-refractivity contribution in [3.8, 4) is 5.75 Å². The number of nitro benzene ring substituents is 1. The lowest BCUT2D eigenvalue weighted by Gasteiger charge is -2.10. The molecule has 0 aliphatic rings. The van der Waals surface area contributed by atoms with Gasteiger partial charge >= 0.3 is 6.36 Å². The van der Waals surface area contributed by atoms with Crippen molar-refractivity contribution in [1.29, 1.82) is 0 Å². The molecule has 9 heteroatoms. The number of hydrogen-bond donors (Lipinski definition) is 0. The molecule has 0 N–H and O–H groups in total. The SMILES string of the molecule is O=Cc1cc(Br)c(OC(F)(F)F)cc1[N+](=O)[O-]. The number of rotatable bonds is 3. The Balaban J connectivity index is 3.29. The summed E-state index contributed by atoms with van der Waals surface area (Å²) >= 11 is 2.72. The molecule has 5 nitrogen and oxygen atoms in total. The fraction of sp³-hybridized carbons (Fsp3) is 0.125. The van der Waals surface area contributed by atoms with Crippen LogP contribution in [-0.2, 0) is 0 Å². The van der Waals surface area contributed by atoms with E-state index in [1.54, 1.807) is 0 Å². The molecule has 0 unspecified atom stereocenters. The predicted octanol–water partition coefficient (Wildman–Crippen LogP) is 3.07. The standard InChI is InChI=1S/C8H3BrF3NO4/c9-5-1-4(3-14)6(13(15)16)2-7(5)17-8(10,11)12/h1-3H. The van der Waals surface area contributed by atoms with Crippen LogP contribution >= 0.6 is 15.9 Å². The Hall–Kier alpha value is -1.64. The molecule has 0 aromatic heterocycles. The number of nitrogens with zero attached hydrogens (tertiary/aromatic N) is 1. The lowest BCUT2D eigenvalue weighted by molar-refractivity contribution is -0.385. The maximum absolute atomic E-state index is 12.0.